The first-order valence-corrected chi connectivity index (χ1v) is 11.9. The van der Waals surface area contributed by atoms with E-state index in [1.54, 1.807) is 36.7 Å². The van der Waals surface area contributed by atoms with E-state index in [2.05, 4.69) is 14.7 Å². The van der Waals surface area contributed by atoms with Crippen molar-refractivity contribution in [3.63, 3.8) is 0 Å². The van der Waals surface area contributed by atoms with Crippen molar-refractivity contribution in [3.8, 4) is 5.88 Å². The van der Waals surface area contributed by atoms with Gasteiger partial charge in [-0.2, -0.15) is 0 Å². The first-order chi connectivity index (χ1) is 14.9. The summed E-state index contributed by atoms with van der Waals surface area (Å²) >= 11 is 0. The van der Waals surface area contributed by atoms with E-state index in [9.17, 15) is 13.2 Å². The highest BCUT2D eigenvalue weighted by atomic mass is 32.2. The van der Waals surface area contributed by atoms with E-state index >= 15 is 0 Å². The Morgan fingerprint density at radius 1 is 1.16 bits per heavy atom. The number of nitrogens with zero attached hydrogens (tertiary/aromatic N) is 2. The summed E-state index contributed by atoms with van der Waals surface area (Å²) in [6, 6.07) is 10.2. The van der Waals surface area contributed by atoms with E-state index in [-0.39, 0.29) is 4.90 Å². The predicted molar refractivity (Wildman–Crippen MR) is 115 cm³/mol. The topological polar surface area (TPSA) is 98.2 Å². The largest absolute Gasteiger partial charge is 0.481 e. The fourth-order valence-corrected chi connectivity index (χ4v) is 5.54. The molecule has 0 atom stereocenters. The van der Waals surface area contributed by atoms with Crippen molar-refractivity contribution >= 4 is 26.8 Å². The van der Waals surface area contributed by atoms with Gasteiger partial charge in [0.15, 0.2) is 0 Å². The molecule has 2 fully saturated rings. The molecule has 160 valence electrons. The molecule has 2 heterocycles. The monoisotopic (exact) mass is 437 g/mol. The van der Waals surface area contributed by atoms with Crippen LogP contribution in [0.1, 0.15) is 49.1 Å². The normalized spacial score (nSPS) is 17.7. The maximum Gasteiger partial charge on any atom is 0.264 e. The molecule has 2 aromatic heterocycles. The van der Waals surface area contributed by atoms with Crippen molar-refractivity contribution in [2.75, 3.05) is 7.11 Å². The van der Waals surface area contributed by atoms with Gasteiger partial charge in [-0.15, -0.1) is 0 Å². The Labute approximate surface area is 180 Å². The number of rotatable bonds is 6. The number of fused-ring (bicyclic) bond motifs is 1. The molecule has 0 spiro atoms. The van der Waals surface area contributed by atoms with Crippen molar-refractivity contribution in [2.45, 2.75) is 48.3 Å². The summed E-state index contributed by atoms with van der Waals surface area (Å²) in [5.41, 5.74) is 1.38. The number of carbonyl (C=O) groups is 1. The summed E-state index contributed by atoms with van der Waals surface area (Å²) in [5.74, 6) is 0.282. The predicted octanol–water partition coefficient (Wildman–Crippen LogP) is 3.44. The number of ether oxygens (including phenoxy) is 1. The molecule has 8 heteroatoms. The van der Waals surface area contributed by atoms with E-state index in [0.717, 1.165) is 18.4 Å². The molecule has 2 saturated carbocycles. The molecule has 0 aliphatic heterocycles. The van der Waals surface area contributed by atoms with Gasteiger partial charge in [0.25, 0.3) is 10.0 Å². The Kier molecular flexibility index (Phi) is 4.69. The molecule has 0 radical (unpaired) electrons. The number of carbonyl (C=O) groups excluding carboxylic acids is 1. The molecular weight excluding hydrogens is 414 g/mol. The Morgan fingerprint density at radius 3 is 2.65 bits per heavy atom. The molecule has 0 unspecified atom stereocenters. The van der Waals surface area contributed by atoms with E-state index in [0.29, 0.717) is 41.1 Å². The van der Waals surface area contributed by atoms with Gasteiger partial charge >= 0.3 is 0 Å². The smallest absolute Gasteiger partial charge is 0.264 e. The number of benzene rings is 1. The molecule has 1 amide bonds. The van der Waals surface area contributed by atoms with Crippen LogP contribution in [0.2, 0.25) is 0 Å². The third-order valence-corrected chi connectivity index (χ3v) is 7.85. The van der Waals surface area contributed by atoms with E-state index in [1.807, 2.05) is 6.07 Å². The lowest BCUT2D eigenvalue weighted by atomic mass is 9.79. The maximum atomic E-state index is 13.3. The average molecular weight is 438 g/mol. The second kappa shape index (κ2) is 7.30. The summed E-state index contributed by atoms with van der Waals surface area (Å²) < 4.78 is 34.0. The highest BCUT2D eigenvalue weighted by Gasteiger charge is 2.54. The van der Waals surface area contributed by atoms with E-state index in [1.165, 1.54) is 19.6 Å². The van der Waals surface area contributed by atoms with Gasteiger partial charge in [-0.25, -0.2) is 18.1 Å². The Morgan fingerprint density at radius 2 is 1.97 bits per heavy atom. The minimum Gasteiger partial charge on any atom is -0.481 e. The van der Waals surface area contributed by atoms with Crippen LogP contribution in [0.15, 0.2) is 53.7 Å². The molecular formula is C23H23N3O4S. The average Bonchev–Trinajstić information content (AvgIpc) is 3.54. The summed E-state index contributed by atoms with van der Waals surface area (Å²) in [4.78, 5) is 22.0. The van der Waals surface area contributed by atoms with E-state index in [4.69, 9.17) is 4.74 Å². The lowest BCUT2D eigenvalue weighted by Crippen LogP contribution is -2.39. The van der Waals surface area contributed by atoms with Crippen LogP contribution in [0, 0.1) is 0 Å². The van der Waals surface area contributed by atoms with Crippen LogP contribution in [-0.2, 0) is 20.2 Å². The summed E-state index contributed by atoms with van der Waals surface area (Å²) in [6.45, 7) is 0. The molecule has 2 aliphatic rings. The summed E-state index contributed by atoms with van der Waals surface area (Å²) in [5, 5.41) is 0.473. The lowest BCUT2D eigenvalue weighted by Gasteiger charge is -2.27. The zero-order chi connectivity index (χ0) is 21.6. The van der Waals surface area contributed by atoms with Gasteiger partial charge < -0.3 is 4.74 Å². The quantitative estimate of drug-likeness (QED) is 0.634. The molecule has 7 nitrogen and oxygen atoms in total. The number of sulfonamides is 1. The Hall–Kier alpha value is -3.00. The fourth-order valence-electron chi connectivity index (χ4n) is 4.27. The van der Waals surface area contributed by atoms with Crippen LogP contribution in [0.25, 0.3) is 10.9 Å². The number of hydrogen-bond donors (Lipinski definition) is 1. The van der Waals surface area contributed by atoms with Gasteiger partial charge in [0.2, 0.25) is 11.8 Å². The van der Waals surface area contributed by atoms with Crippen molar-refractivity contribution in [1.29, 1.82) is 0 Å². The number of amides is 1. The van der Waals surface area contributed by atoms with Crippen LogP contribution >= 0.6 is 0 Å². The highest BCUT2D eigenvalue weighted by molar-refractivity contribution is 7.90. The molecule has 0 saturated heterocycles. The van der Waals surface area contributed by atoms with Gasteiger partial charge in [0.1, 0.15) is 0 Å². The number of nitrogens with one attached hydrogen (secondary N) is 1. The zero-order valence-electron chi connectivity index (χ0n) is 17.2. The Balaban J connectivity index is 1.49. The molecule has 3 aromatic rings. The number of aromatic nitrogens is 2. The van der Waals surface area contributed by atoms with Gasteiger partial charge in [-0.3, -0.25) is 9.78 Å². The van der Waals surface area contributed by atoms with Gasteiger partial charge in [-0.1, -0.05) is 12.5 Å². The number of hydrogen-bond acceptors (Lipinski definition) is 6. The standard InChI is InChI=1S/C23H23N3O4S/c1-30-21-18(13-16(14-25-21)15-5-2-6-15)23(10-11-23)22(27)26-31(28,29)20-9-3-8-19-17(20)7-4-12-24-19/h3-4,7-9,12-15H,2,5-6,10-11H2,1H3,(H,26,27). The van der Waals surface area contributed by atoms with E-state index < -0.39 is 21.3 Å². The highest BCUT2D eigenvalue weighted by Crippen LogP contribution is 2.52. The second-order valence-electron chi connectivity index (χ2n) is 8.30. The van der Waals surface area contributed by atoms with Crippen LogP contribution in [-0.4, -0.2) is 31.4 Å². The first-order valence-electron chi connectivity index (χ1n) is 10.4. The summed E-state index contributed by atoms with van der Waals surface area (Å²) in [6.07, 6.45) is 7.92. The summed E-state index contributed by atoms with van der Waals surface area (Å²) in [7, 11) is -2.56. The molecule has 5 rings (SSSR count). The number of methoxy groups -OCH3 is 1. The Bertz CT molecular complexity index is 1280. The van der Waals surface area contributed by atoms with Gasteiger partial charge in [-0.05, 0) is 67.5 Å². The third-order valence-electron chi connectivity index (χ3n) is 6.46. The molecule has 0 bridgehead atoms. The van der Waals surface area contributed by atoms with Gasteiger partial charge in [0, 0.05) is 23.3 Å². The molecule has 2 aliphatic carbocycles. The van der Waals surface area contributed by atoms with Crippen LogP contribution < -0.4 is 9.46 Å². The molecule has 31 heavy (non-hydrogen) atoms. The lowest BCUT2D eigenvalue weighted by molar-refractivity contribution is -0.121. The van der Waals surface area contributed by atoms with Crippen molar-refractivity contribution in [2.24, 2.45) is 0 Å². The molecule has 1 N–H and O–H groups in total. The molecule has 1 aromatic carbocycles. The van der Waals surface area contributed by atoms with Gasteiger partial charge in [0.05, 0.1) is 22.9 Å². The minimum absolute atomic E-state index is 0.0376. The van der Waals surface area contributed by atoms with Crippen LogP contribution in [0.3, 0.4) is 0 Å². The second-order valence-corrected chi connectivity index (χ2v) is 9.95. The zero-order valence-corrected chi connectivity index (χ0v) is 18.0. The van der Waals surface area contributed by atoms with Crippen molar-refractivity contribution < 1.29 is 17.9 Å². The van der Waals surface area contributed by atoms with Crippen LogP contribution in [0.4, 0.5) is 0 Å². The minimum atomic E-state index is -4.08. The SMILES string of the molecule is COc1ncc(C2CCC2)cc1C1(C(=O)NS(=O)(=O)c2cccc3ncccc23)CC1. The third kappa shape index (κ3) is 3.35. The van der Waals surface area contributed by atoms with Crippen LogP contribution in [0.5, 0.6) is 5.88 Å². The van der Waals surface area contributed by atoms with Crippen molar-refractivity contribution in [3.05, 3.63) is 59.9 Å². The first kappa shape index (κ1) is 19.9. The fraction of sp³-hybridized carbons (Fsp3) is 0.348. The maximum absolute atomic E-state index is 13.3. The number of pyridine rings is 2. The van der Waals surface area contributed by atoms with Crippen molar-refractivity contribution in [1.82, 2.24) is 14.7 Å².